The number of aliphatic carboxylic acids is 1. The minimum absolute atomic E-state index is 0.0957. The SMILES string of the molecule is NC(CC(=O)O)c1cccc(O)c1. The lowest BCUT2D eigenvalue weighted by atomic mass is 10.0. The smallest absolute Gasteiger partial charge is 0.305 e. The number of benzene rings is 1. The van der Waals surface area contributed by atoms with Crippen molar-refractivity contribution in [3.8, 4) is 5.75 Å². The van der Waals surface area contributed by atoms with Crippen molar-refractivity contribution in [2.24, 2.45) is 5.73 Å². The number of carboxylic acids is 1. The zero-order chi connectivity index (χ0) is 9.84. The van der Waals surface area contributed by atoms with Gasteiger partial charge >= 0.3 is 5.97 Å². The first-order chi connectivity index (χ1) is 6.09. The first-order valence-corrected chi connectivity index (χ1v) is 3.86. The number of hydrogen-bond acceptors (Lipinski definition) is 3. The van der Waals surface area contributed by atoms with E-state index in [9.17, 15) is 4.79 Å². The highest BCUT2D eigenvalue weighted by Gasteiger charge is 2.10. The zero-order valence-corrected chi connectivity index (χ0v) is 6.97. The largest absolute Gasteiger partial charge is 0.508 e. The maximum Gasteiger partial charge on any atom is 0.305 e. The number of carbonyl (C=O) groups is 1. The summed E-state index contributed by atoms with van der Waals surface area (Å²) in [5.74, 6) is -0.853. The lowest BCUT2D eigenvalue weighted by Gasteiger charge is -2.08. The average molecular weight is 181 g/mol. The molecule has 0 saturated heterocycles. The van der Waals surface area contributed by atoms with Crippen LogP contribution >= 0.6 is 0 Å². The fraction of sp³-hybridized carbons (Fsp3) is 0.222. The van der Waals surface area contributed by atoms with E-state index in [1.54, 1.807) is 12.1 Å². The Balaban J connectivity index is 2.76. The molecule has 4 heteroatoms. The van der Waals surface area contributed by atoms with E-state index in [2.05, 4.69) is 0 Å². The van der Waals surface area contributed by atoms with Gasteiger partial charge < -0.3 is 15.9 Å². The maximum atomic E-state index is 10.3. The Hall–Kier alpha value is -1.55. The molecule has 1 unspecified atom stereocenters. The van der Waals surface area contributed by atoms with Crippen molar-refractivity contribution < 1.29 is 15.0 Å². The van der Waals surface area contributed by atoms with E-state index in [1.165, 1.54) is 12.1 Å². The molecule has 0 amide bonds. The van der Waals surface area contributed by atoms with Gasteiger partial charge in [-0.3, -0.25) is 4.79 Å². The average Bonchev–Trinajstić information content (AvgIpc) is 2.03. The van der Waals surface area contributed by atoms with E-state index in [0.29, 0.717) is 5.56 Å². The van der Waals surface area contributed by atoms with Crippen molar-refractivity contribution in [1.29, 1.82) is 0 Å². The van der Waals surface area contributed by atoms with Crippen molar-refractivity contribution in [3.63, 3.8) is 0 Å². The number of hydrogen-bond donors (Lipinski definition) is 3. The number of aromatic hydroxyl groups is 1. The van der Waals surface area contributed by atoms with Crippen molar-refractivity contribution in [2.45, 2.75) is 12.5 Å². The van der Waals surface area contributed by atoms with Gasteiger partial charge in [-0.1, -0.05) is 12.1 Å². The summed E-state index contributed by atoms with van der Waals surface area (Å²) in [5.41, 5.74) is 6.20. The Morgan fingerprint density at radius 2 is 2.23 bits per heavy atom. The van der Waals surface area contributed by atoms with Crippen LogP contribution in [0.2, 0.25) is 0 Å². The molecule has 13 heavy (non-hydrogen) atoms. The third kappa shape index (κ3) is 2.76. The molecule has 70 valence electrons. The number of phenolic OH excluding ortho intramolecular Hbond substituents is 1. The number of nitrogens with two attached hydrogens (primary N) is 1. The number of rotatable bonds is 3. The summed E-state index contributed by atoms with van der Waals surface area (Å²) in [4.78, 5) is 10.3. The molecule has 0 saturated carbocycles. The molecule has 0 aromatic heterocycles. The van der Waals surface area contributed by atoms with E-state index >= 15 is 0 Å². The fourth-order valence-electron chi connectivity index (χ4n) is 1.06. The number of carboxylic acid groups (broad SMARTS) is 1. The Bertz CT molecular complexity index is 311. The molecule has 0 aliphatic rings. The van der Waals surface area contributed by atoms with Crippen LogP contribution in [0.3, 0.4) is 0 Å². The van der Waals surface area contributed by atoms with Gasteiger partial charge in [-0.2, -0.15) is 0 Å². The molecule has 0 spiro atoms. The van der Waals surface area contributed by atoms with Crippen LogP contribution in [0.4, 0.5) is 0 Å². The zero-order valence-electron chi connectivity index (χ0n) is 6.97. The quantitative estimate of drug-likeness (QED) is 0.646. The van der Waals surface area contributed by atoms with Crippen molar-refractivity contribution >= 4 is 5.97 Å². The van der Waals surface area contributed by atoms with Crippen LogP contribution in [0.15, 0.2) is 24.3 Å². The lowest BCUT2D eigenvalue weighted by Crippen LogP contribution is -2.14. The monoisotopic (exact) mass is 181 g/mol. The summed E-state index contributed by atoms with van der Waals surface area (Å²) in [6, 6.07) is 5.73. The summed E-state index contributed by atoms with van der Waals surface area (Å²) in [5, 5.41) is 17.6. The van der Waals surface area contributed by atoms with E-state index in [0.717, 1.165) is 0 Å². The molecular formula is C9H11NO3. The third-order valence-corrected chi connectivity index (χ3v) is 1.69. The maximum absolute atomic E-state index is 10.3. The second-order valence-electron chi connectivity index (χ2n) is 2.80. The van der Waals surface area contributed by atoms with Crippen molar-refractivity contribution in [1.82, 2.24) is 0 Å². The molecule has 0 aliphatic carbocycles. The van der Waals surface area contributed by atoms with Gasteiger partial charge in [-0.15, -0.1) is 0 Å². The van der Waals surface area contributed by atoms with Crippen LogP contribution in [0, 0.1) is 0 Å². The Kier molecular flexibility index (Phi) is 2.87. The minimum Gasteiger partial charge on any atom is -0.508 e. The lowest BCUT2D eigenvalue weighted by molar-refractivity contribution is -0.137. The highest BCUT2D eigenvalue weighted by atomic mass is 16.4. The van der Waals surface area contributed by atoms with E-state index < -0.39 is 12.0 Å². The first kappa shape index (κ1) is 9.54. The van der Waals surface area contributed by atoms with Crippen LogP contribution in [0.5, 0.6) is 5.75 Å². The van der Waals surface area contributed by atoms with Gasteiger partial charge in [0.2, 0.25) is 0 Å². The third-order valence-electron chi connectivity index (χ3n) is 1.69. The highest BCUT2D eigenvalue weighted by molar-refractivity contribution is 5.67. The molecule has 1 rings (SSSR count). The predicted octanol–water partition coefficient (Wildman–Crippen LogP) is 0.867. The summed E-state index contributed by atoms with van der Waals surface area (Å²) < 4.78 is 0. The Labute approximate surface area is 75.6 Å². The van der Waals surface area contributed by atoms with E-state index in [-0.39, 0.29) is 12.2 Å². The predicted molar refractivity (Wildman–Crippen MR) is 47.3 cm³/mol. The van der Waals surface area contributed by atoms with Crippen molar-refractivity contribution in [3.05, 3.63) is 29.8 Å². The van der Waals surface area contributed by atoms with Gasteiger partial charge in [0.15, 0.2) is 0 Å². The van der Waals surface area contributed by atoms with Crippen LogP contribution in [-0.2, 0) is 4.79 Å². The Morgan fingerprint density at radius 3 is 2.77 bits per heavy atom. The molecule has 0 radical (unpaired) electrons. The van der Waals surface area contributed by atoms with Crippen LogP contribution < -0.4 is 5.73 Å². The van der Waals surface area contributed by atoms with Gasteiger partial charge in [0.05, 0.1) is 6.42 Å². The fourth-order valence-corrected chi connectivity index (χ4v) is 1.06. The van der Waals surface area contributed by atoms with Crippen LogP contribution in [-0.4, -0.2) is 16.2 Å². The van der Waals surface area contributed by atoms with Crippen LogP contribution in [0.1, 0.15) is 18.0 Å². The van der Waals surface area contributed by atoms with Crippen molar-refractivity contribution in [2.75, 3.05) is 0 Å². The van der Waals surface area contributed by atoms with Gasteiger partial charge in [0, 0.05) is 6.04 Å². The highest BCUT2D eigenvalue weighted by Crippen LogP contribution is 2.18. The number of phenols is 1. The molecule has 1 atom stereocenters. The van der Waals surface area contributed by atoms with Gasteiger partial charge in [-0.25, -0.2) is 0 Å². The van der Waals surface area contributed by atoms with E-state index in [4.69, 9.17) is 15.9 Å². The normalized spacial score (nSPS) is 12.4. The molecule has 1 aromatic carbocycles. The molecule has 0 heterocycles. The summed E-state index contributed by atoms with van der Waals surface area (Å²) in [7, 11) is 0. The first-order valence-electron chi connectivity index (χ1n) is 3.86. The van der Waals surface area contributed by atoms with Gasteiger partial charge in [0.1, 0.15) is 5.75 Å². The standard InChI is InChI=1S/C9H11NO3/c10-8(5-9(12)13)6-2-1-3-7(11)4-6/h1-4,8,11H,5,10H2,(H,12,13). The second kappa shape index (κ2) is 3.91. The minimum atomic E-state index is -0.948. The molecular weight excluding hydrogens is 170 g/mol. The molecule has 4 N–H and O–H groups in total. The Morgan fingerprint density at radius 1 is 1.54 bits per heavy atom. The van der Waals surface area contributed by atoms with Gasteiger partial charge in [-0.05, 0) is 17.7 Å². The molecule has 4 nitrogen and oxygen atoms in total. The topological polar surface area (TPSA) is 83.6 Å². The van der Waals surface area contributed by atoms with E-state index in [1.807, 2.05) is 0 Å². The molecule has 1 aromatic rings. The molecule has 0 fully saturated rings. The van der Waals surface area contributed by atoms with Gasteiger partial charge in [0.25, 0.3) is 0 Å². The summed E-state index contributed by atoms with van der Waals surface area (Å²) in [6.45, 7) is 0. The molecule has 0 bridgehead atoms. The molecule has 0 aliphatic heterocycles. The van der Waals surface area contributed by atoms with Crippen LogP contribution in [0.25, 0.3) is 0 Å². The second-order valence-corrected chi connectivity index (χ2v) is 2.80. The summed E-state index contributed by atoms with van der Waals surface area (Å²) >= 11 is 0. The summed E-state index contributed by atoms with van der Waals surface area (Å²) in [6.07, 6.45) is -0.135.